The van der Waals surface area contributed by atoms with E-state index in [2.05, 4.69) is 30.9 Å². The highest BCUT2D eigenvalue weighted by molar-refractivity contribution is 5.74. The van der Waals surface area contributed by atoms with Gasteiger partial charge >= 0.3 is 0 Å². The summed E-state index contributed by atoms with van der Waals surface area (Å²) in [5.74, 6) is -0.125. The van der Waals surface area contributed by atoms with Crippen molar-refractivity contribution in [3.8, 4) is 0 Å². The van der Waals surface area contributed by atoms with Crippen LogP contribution in [0.2, 0.25) is 0 Å². The van der Waals surface area contributed by atoms with Crippen LogP contribution >= 0.6 is 0 Å². The molecule has 0 bridgehead atoms. The lowest BCUT2D eigenvalue weighted by molar-refractivity contribution is -0.0943. The van der Waals surface area contributed by atoms with Crippen molar-refractivity contribution in [3.63, 3.8) is 0 Å². The van der Waals surface area contributed by atoms with Gasteiger partial charge in [-0.2, -0.15) is 5.21 Å². The van der Waals surface area contributed by atoms with E-state index < -0.39 is 6.29 Å². The zero-order chi connectivity index (χ0) is 17.1. The largest absolute Gasteiger partial charge is 0.368 e. The van der Waals surface area contributed by atoms with Gasteiger partial charge in [0.1, 0.15) is 5.52 Å². The molecule has 0 saturated heterocycles. The predicted octanol–water partition coefficient (Wildman–Crippen LogP) is 0.535. The zero-order valence-electron chi connectivity index (χ0n) is 13.7. The lowest BCUT2D eigenvalue weighted by atomic mass is 9.83. The van der Waals surface area contributed by atoms with E-state index in [0.29, 0.717) is 18.7 Å². The summed E-state index contributed by atoms with van der Waals surface area (Å²) in [6.45, 7) is 2.01. The van der Waals surface area contributed by atoms with E-state index in [1.54, 1.807) is 4.68 Å². The fourth-order valence-corrected chi connectivity index (χ4v) is 3.11. The molecule has 2 aromatic heterocycles. The topological polar surface area (TPSA) is 126 Å². The van der Waals surface area contributed by atoms with Gasteiger partial charge in [-0.1, -0.05) is 29.8 Å². The number of aromatic nitrogens is 7. The molecule has 3 N–H and O–H groups in total. The molecule has 0 fully saturated rings. The fourth-order valence-electron chi connectivity index (χ4n) is 3.11. The Labute approximate surface area is 138 Å². The molecule has 2 unspecified atom stereocenters. The second-order valence-corrected chi connectivity index (χ2v) is 5.98. The third-order valence-electron chi connectivity index (χ3n) is 4.35. The molecule has 0 radical (unpaired) electrons. The number of nitrogens with zero attached hydrogens (tertiary/aromatic N) is 6. The van der Waals surface area contributed by atoms with Crippen molar-refractivity contribution in [1.82, 2.24) is 35.6 Å². The number of H-pyrrole nitrogens is 1. The highest BCUT2D eigenvalue weighted by Gasteiger charge is 2.31. The van der Waals surface area contributed by atoms with Gasteiger partial charge in [0.2, 0.25) is 0 Å². The molecule has 3 aromatic rings. The molecule has 3 rings (SSSR count). The number of hydrogen-bond acceptors (Lipinski definition) is 7. The second kappa shape index (κ2) is 7.02. The Hall–Kier alpha value is -2.39. The van der Waals surface area contributed by atoms with Crippen LogP contribution in [0.4, 0.5) is 0 Å². The summed E-state index contributed by atoms with van der Waals surface area (Å²) in [5.41, 5.74) is 2.78. The number of aromatic amines is 1. The molecule has 0 aliphatic heterocycles. The highest BCUT2D eigenvalue weighted by atomic mass is 16.5. The third-order valence-corrected chi connectivity index (χ3v) is 4.35. The molecule has 2 atom stereocenters. The van der Waals surface area contributed by atoms with Crippen molar-refractivity contribution in [2.75, 3.05) is 0 Å². The molecule has 9 heteroatoms. The average molecular weight is 331 g/mol. The van der Waals surface area contributed by atoms with Crippen LogP contribution in [0.25, 0.3) is 11.0 Å². The van der Waals surface area contributed by atoms with Crippen molar-refractivity contribution < 1.29 is 10.2 Å². The van der Waals surface area contributed by atoms with Crippen molar-refractivity contribution in [2.45, 2.75) is 38.4 Å². The maximum Gasteiger partial charge on any atom is 0.178 e. The zero-order valence-corrected chi connectivity index (χ0v) is 13.7. The van der Waals surface area contributed by atoms with E-state index in [-0.39, 0.29) is 11.8 Å². The number of fused-ring (bicyclic) bond motifs is 1. The molecule has 9 nitrogen and oxygen atoms in total. The van der Waals surface area contributed by atoms with E-state index in [4.69, 9.17) is 0 Å². The predicted molar refractivity (Wildman–Crippen MR) is 85.8 cm³/mol. The molecular formula is C15H21N7O2. The van der Waals surface area contributed by atoms with Crippen LogP contribution in [-0.2, 0) is 13.5 Å². The van der Waals surface area contributed by atoms with Gasteiger partial charge in [-0.05, 0) is 30.5 Å². The fraction of sp³-hybridized carbons (Fsp3) is 0.533. The Morgan fingerprint density at radius 1 is 1.25 bits per heavy atom. The van der Waals surface area contributed by atoms with Gasteiger partial charge < -0.3 is 10.2 Å². The minimum absolute atomic E-state index is 0.248. The molecule has 0 aliphatic carbocycles. The number of aryl methyl sites for hydroxylation is 1. The standard InChI is InChI=1S/C15H21N7O2/c1-3-4-10(15(23)24)11(14-17-19-20-18-14)7-9-5-6-12-13(8-9)22(2)21-16-12/h5-6,8,10-11,15,23-24H,3-4,7H2,1-2H3,(H,17,18,19,20). The minimum Gasteiger partial charge on any atom is -0.368 e. The van der Waals surface area contributed by atoms with Crippen LogP contribution in [0, 0.1) is 5.92 Å². The van der Waals surface area contributed by atoms with Crippen molar-refractivity contribution >= 4 is 11.0 Å². The molecule has 128 valence electrons. The van der Waals surface area contributed by atoms with Crippen LogP contribution in [0.1, 0.15) is 37.1 Å². The van der Waals surface area contributed by atoms with Crippen LogP contribution in [-0.4, -0.2) is 52.1 Å². The van der Waals surface area contributed by atoms with Gasteiger partial charge in [-0.15, -0.1) is 15.3 Å². The maximum absolute atomic E-state index is 9.82. The highest BCUT2D eigenvalue weighted by Crippen LogP contribution is 2.32. The summed E-state index contributed by atoms with van der Waals surface area (Å²) in [6, 6.07) is 5.89. The molecule has 24 heavy (non-hydrogen) atoms. The number of hydrogen-bond donors (Lipinski definition) is 3. The minimum atomic E-state index is -1.43. The van der Waals surface area contributed by atoms with Gasteiger partial charge in [0.05, 0.1) is 5.52 Å². The first-order valence-corrected chi connectivity index (χ1v) is 7.98. The second-order valence-electron chi connectivity index (χ2n) is 5.98. The van der Waals surface area contributed by atoms with Crippen molar-refractivity contribution in [1.29, 1.82) is 0 Å². The van der Waals surface area contributed by atoms with E-state index in [0.717, 1.165) is 23.0 Å². The quantitative estimate of drug-likeness (QED) is 0.539. The van der Waals surface area contributed by atoms with Crippen LogP contribution in [0.15, 0.2) is 18.2 Å². The molecular weight excluding hydrogens is 310 g/mol. The third kappa shape index (κ3) is 3.26. The molecule has 2 heterocycles. The van der Waals surface area contributed by atoms with Crippen LogP contribution < -0.4 is 0 Å². The first kappa shape index (κ1) is 16.5. The van der Waals surface area contributed by atoms with E-state index >= 15 is 0 Å². The van der Waals surface area contributed by atoms with Crippen LogP contribution in [0.3, 0.4) is 0 Å². The number of aliphatic hydroxyl groups is 2. The summed E-state index contributed by atoms with van der Waals surface area (Å²) < 4.78 is 1.71. The van der Waals surface area contributed by atoms with Crippen LogP contribution in [0.5, 0.6) is 0 Å². The molecule has 1 aromatic carbocycles. The monoisotopic (exact) mass is 331 g/mol. The Balaban J connectivity index is 1.94. The van der Waals surface area contributed by atoms with Gasteiger partial charge in [0, 0.05) is 18.9 Å². The first-order chi connectivity index (χ1) is 11.6. The Bertz CT molecular complexity index is 784. The number of tetrazole rings is 1. The lowest BCUT2D eigenvalue weighted by Crippen LogP contribution is -2.28. The Kier molecular flexibility index (Phi) is 4.81. The van der Waals surface area contributed by atoms with E-state index in [1.165, 1.54) is 0 Å². The van der Waals surface area contributed by atoms with E-state index in [1.807, 2.05) is 32.2 Å². The SMILES string of the molecule is CCCC(C(O)O)C(Cc1ccc2nnn(C)c2c1)c1nn[nH]n1. The summed E-state index contributed by atoms with van der Waals surface area (Å²) in [4.78, 5) is 0. The van der Waals surface area contributed by atoms with Crippen molar-refractivity contribution in [2.24, 2.45) is 13.0 Å². The number of benzene rings is 1. The van der Waals surface area contributed by atoms with Gasteiger partial charge in [0.15, 0.2) is 12.1 Å². The normalized spacial score (nSPS) is 14.4. The Morgan fingerprint density at radius 3 is 2.75 bits per heavy atom. The van der Waals surface area contributed by atoms with Crippen molar-refractivity contribution in [3.05, 3.63) is 29.6 Å². The van der Waals surface area contributed by atoms with Gasteiger partial charge in [-0.3, -0.25) is 0 Å². The molecule has 0 amide bonds. The smallest absolute Gasteiger partial charge is 0.178 e. The maximum atomic E-state index is 9.82. The molecule has 0 spiro atoms. The Morgan fingerprint density at radius 2 is 2.08 bits per heavy atom. The number of aliphatic hydroxyl groups excluding tert-OH is 1. The number of nitrogens with one attached hydrogen (secondary N) is 1. The van der Waals surface area contributed by atoms with E-state index in [9.17, 15) is 10.2 Å². The lowest BCUT2D eigenvalue weighted by Gasteiger charge is -2.26. The average Bonchev–Trinajstić information content (AvgIpc) is 3.21. The summed E-state index contributed by atoms with van der Waals surface area (Å²) in [7, 11) is 1.84. The summed E-state index contributed by atoms with van der Waals surface area (Å²) >= 11 is 0. The molecule has 0 aliphatic rings. The summed E-state index contributed by atoms with van der Waals surface area (Å²) in [5, 5.41) is 41.9. The van der Waals surface area contributed by atoms with Gasteiger partial charge in [0.25, 0.3) is 0 Å². The number of rotatable bonds is 7. The van der Waals surface area contributed by atoms with Gasteiger partial charge in [-0.25, -0.2) is 4.68 Å². The first-order valence-electron chi connectivity index (χ1n) is 7.98. The summed E-state index contributed by atoms with van der Waals surface area (Å²) in [6.07, 6.45) is 0.631. The molecule has 0 saturated carbocycles.